The largest absolute Gasteiger partial charge is 0.320 e. The normalized spacial score (nSPS) is 15.7. The van der Waals surface area contributed by atoms with E-state index in [0.29, 0.717) is 10.6 Å². The molecule has 0 bridgehead atoms. The van der Waals surface area contributed by atoms with Crippen molar-refractivity contribution in [3.05, 3.63) is 49.7 Å². The third kappa shape index (κ3) is 3.90. The highest BCUT2D eigenvalue weighted by atomic mass is 35.5. The van der Waals surface area contributed by atoms with E-state index in [0.717, 1.165) is 22.8 Å². The molecule has 0 aliphatic heterocycles. The molecule has 1 aromatic heterocycles. The minimum absolute atomic E-state index is 0.0445. The minimum Gasteiger partial charge on any atom is -0.320 e. The third-order valence-electron chi connectivity index (χ3n) is 4.67. The van der Waals surface area contributed by atoms with Gasteiger partial charge in [-0.25, -0.2) is 0 Å². The summed E-state index contributed by atoms with van der Waals surface area (Å²) in [6, 6.07) is 5.40. The second-order valence-corrected chi connectivity index (χ2v) is 9.32. The van der Waals surface area contributed by atoms with Gasteiger partial charge in [0.15, 0.2) is 4.80 Å². The molecular weight excluding hydrogens is 352 g/mol. The first-order valence-corrected chi connectivity index (χ1v) is 9.93. The quantitative estimate of drug-likeness (QED) is 0.718. The number of halogens is 1. The summed E-state index contributed by atoms with van der Waals surface area (Å²) >= 11 is 7.80. The van der Waals surface area contributed by atoms with Crippen molar-refractivity contribution in [2.45, 2.75) is 59.4 Å². The Hall–Kier alpha value is -1.39. The van der Waals surface area contributed by atoms with Crippen LogP contribution < -0.4 is 4.80 Å². The Labute approximate surface area is 158 Å². The average molecular weight is 377 g/mol. The van der Waals surface area contributed by atoms with E-state index >= 15 is 0 Å². The molecule has 0 unspecified atom stereocenters. The third-order valence-corrected chi connectivity index (χ3v) is 6.69. The fraction of sp³-hybridized carbons (Fsp3) is 0.500. The first-order valence-electron chi connectivity index (χ1n) is 8.73. The number of thiazole rings is 1. The van der Waals surface area contributed by atoms with Gasteiger partial charge in [0.1, 0.15) is 0 Å². The Kier molecular flexibility index (Phi) is 4.95. The van der Waals surface area contributed by atoms with Crippen molar-refractivity contribution in [2.75, 3.05) is 0 Å². The highest BCUT2D eigenvalue weighted by Crippen LogP contribution is 2.33. The van der Waals surface area contributed by atoms with Gasteiger partial charge in [-0.05, 0) is 55.7 Å². The molecular formula is C20H25ClN2OS. The molecule has 2 aromatic rings. The van der Waals surface area contributed by atoms with Crippen molar-refractivity contribution in [1.29, 1.82) is 0 Å². The first-order chi connectivity index (χ1) is 11.7. The number of carbonyl (C=O) groups excluding carboxylic acids is 1. The summed E-state index contributed by atoms with van der Waals surface area (Å²) in [6.45, 7) is 11.6. The maximum atomic E-state index is 12.8. The van der Waals surface area contributed by atoms with Gasteiger partial charge in [-0.1, -0.05) is 38.4 Å². The lowest BCUT2D eigenvalue weighted by atomic mass is 9.93. The summed E-state index contributed by atoms with van der Waals surface area (Å²) in [5.41, 5.74) is 2.65. The maximum Gasteiger partial charge on any atom is 0.279 e. The second kappa shape index (κ2) is 6.73. The van der Waals surface area contributed by atoms with Crippen LogP contribution in [0.1, 0.15) is 60.1 Å². The molecule has 134 valence electrons. The molecule has 1 fully saturated rings. The van der Waals surface area contributed by atoms with Crippen LogP contribution in [0.3, 0.4) is 0 Å². The van der Waals surface area contributed by atoms with Gasteiger partial charge in [-0.2, -0.15) is 4.99 Å². The molecule has 3 nitrogen and oxygen atoms in total. The SMILES string of the molecule is Cc1c(Cl)cccc1C(=O)N=c1sc(C(C)(C)C)c(C)n1CC1CC1. The Morgan fingerprint density at radius 2 is 2.00 bits per heavy atom. The molecule has 0 spiro atoms. The molecule has 0 saturated heterocycles. The predicted molar refractivity (Wildman–Crippen MR) is 105 cm³/mol. The Morgan fingerprint density at radius 1 is 1.32 bits per heavy atom. The highest BCUT2D eigenvalue weighted by molar-refractivity contribution is 7.09. The number of hydrogen-bond acceptors (Lipinski definition) is 2. The summed E-state index contributed by atoms with van der Waals surface area (Å²) in [5, 5.41) is 0.602. The highest BCUT2D eigenvalue weighted by Gasteiger charge is 2.27. The van der Waals surface area contributed by atoms with Gasteiger partial charge < -0.3 is 4.57 Å². The molecule has 1 saturated carbocycles. The zero-order valence-electron chi connectivity index (χ0n) is 15.5. The first kappa shape index (κ1) is 18.4. The number of carbonyl (C=O) groups is 1. The van der Waals surface area contributed by atoms with Gasteiger partial charge in [-0.3, -0.25) is 4.79 Å². The van der Waals surface area contributed by atoms with E-state index in [1.807, 2.05) is 6.92 Å². The van der Waals surface area contributed by atoms with Crippen LogP contribution in [0.15, 0.2) is 23.2 Å². The van der Waals surface area contributed by atoms with Gasteiger partial charge in [0, 0.05) is 27.7 Å². The van der Waals surface area contributed by atoms with E-state index in [1.54, 1.807) is 29.5 Å². The fourth-order valence-corrected chi connectivity index (χ4v) is 4.40. The van der Waals surface area contributed by atoms with E-state index in [9.17, 15) is 4.79 Å². The molecule has 5 heteroatoms. The maximum absolute atomic E-state index is 12.8. The molecule has 1 heterocycles. The van der Waals surface area contributed by atoms with Crippen LogP contribution in [0.25, 0.3) is 0 Å². The zero-order valence-corrected chi connectivity index (χ0v) is 17.1. The molecule has 1 aliphatic rings. The van der Waals surface area contributed by atoms with Gasteiger partial charge >= 0.3 is 0 Å². The number of aromatic nitrogens is 1. The smallest absolute Gasteiger partial charge is 0.279 e. The van der Waals surface area contributed by atoms with Crippen LogP contribution in [0, 0.1) is 19.8 Å². The molecule has 25 heavy (non-hydrogen) atoms. The molecule has 0 atom stereocenters. The second-order valence-electron chi connectivity index (χ2n) is 7.93. The van der Waals surface area contributed by atoms with Gasteiger partial charge in [0.2, 0.25) is 0 Å². The number of nitrogens with zero attached hydrogens (tertiary/aromatic N) is 2. The van der Waals surface area contributed by atoms with Crippen LogP contribution in [-0.4, -0.2) is 10.5 Å². The number of amides is 1. The van der Waals surface area contributed by atoms with Crippen LogP contribution >= 0.6 is 22.9 Å². The standard InChI is InChI=1S/C20H25ClN2OS/c1-12-15(7-6-8-16(12)21)18(24)22-19-23(11-14-9-10-14)13(2)17(25-19)20(3,4)5/h6-8,14H,9-11H2,1-5H3. The zero-order chi connectivity index (χ0) is 18.4. The predicted octanol–water partition coefficient (Wildman–Crippen LogP) is 5.27. The van der Waals surface area contributed by atoms with Gasteiger partial charge in [-0.15, -0.1) is 11.3 Å². The Bertz CT molecular complexity index is 882. The van der Waals surface area contributed by atoms with Crippen molar-refractivity contribution in [1.82, 2.24) is 4.57 Å². The number of rotatable bonds is 3. The Morgan fingerprint density at radius 3 is 2.60 bits per heavy atom. The van der Waals surface area contributed by atoms with E-state index in [1.165, 1.54) is 23.4 Å². The van der Waals surface area contributed by atoms with E-state index in [2.05, 4.69) is 37.3 Å². The molecule has 0 N–H and O–H groups in total. The van der Waals surface area contributed by atoms with Gasteiger partial charge in [0.25, 0.3) is 5.91 Å². The van der Waals surface area contributed by atoms with Crippen molar-refractivity contribution < 1.29 is 4.79 Å². The number of benzene rings is 1. The van der Waals surface area contributed by atoms with Crippen LogP contribution in [-0.2, 0) is 12.0 Å². The van der Waals surface area contributed by atoms with Crippen LogP contribution in [0.5, 0.6) is 0 Å². The minimum atomic E-state index is -0.216. The van der Waals surface area contributed by atoms with E-state index < -0.39 is 0 Å². The van der Waals surface area contributed by atoms with E-state index in [-0.39, 0.29) is 11.3 Å². The summed E-state index contributed by atoms with van der Waals surface area (Å²) < 4.78 is 2.24. The lowest BCUT2D eigenvalue weighted by molar-refractivity contribution is 0.0997. The molecule has 3 rings (SSSR count). The molecule has 1 aromatic carbocycles. The molecule has 1 aliphatic carbocycles. The summed E-state index contributed by atoms with van der Waals surface area (Å²) in [4.78, 5) is 19.4. The monoisotopic (exact) mass is 376 g/mol. The number of hydrogen-bond donors (Lipinski definition) is 0. The topological polar surface area (TPSA) is 34.4 Å². The molecule has 1 amide bonds. The average Bonchev–Trinajstić information content (AvgIpc) is 3.28. The van der Waals surface area contributed by atoms with E-state index in [4.69, 9.17) is 11.6 Å². The summed E-state index contributed by atoms with van der Waals surface area (Å²) in [5.74, 6) is 0.509. The summed E-state index contributed by atoms with van der Waals surface area (Å²) in [7, 11) is 0. The Balaban J connectivity index is 2.09. The van der Waals surface area contributed by atoms with Crippen LogP contribution in [0.4, 0.5) is 0 Å². The fourth-order valence-electron chi connectivity index (χ4n) is 3.03. The van der Waals surface area contributed by atoms with Crippen LogP contribution in [0.2, 0.25) is 5.02 Å². The lowest BCUT2D eigenvalue weighted by Gasteiger charge is -2.17. The van der Waals surface area contributed by atoms with Crippen molar-refractivity contribution in [3.63, 3.8) is 0 Å². The van der Waals surface area contributed by atoms with Crippen molar-refractivity contribution in [2.24, 2.45) is 10.9 Å². The summed E-state index contributed by atoms with van der Waals surface area (Å²) in [6.07, 6.45) is 2.54. The molecule has 0 radical (unpaired) electrons. The van der Waals surface area contributed by atoms with Crippen molar-refractivity contribution >= 4 is 28.8 Å². The lowest BCUT2D eigenvalue weighted by Crippen LogP contribution is -2.20. The van der Waals surface area contributed by atoms with Gasteiger partial charge in [0.05, 0.1) is 0 Å². The van der Waals surface area contributed by atoms with Crippen molar-refractivity contribution in [3.8, 4) is 0 Å².